The molecule has 136 valence electrons. The minimum absolute atomic E-state index is 0.0643. The van der Waals surface area contributed by atoms with E-state index >= 15 is 0 Å². The standard InChI is InChI=1S/C20H22N2O4/c1-21-8-10-22(11-9-21)14-4-2-13(3-5-14)18-12-17(24)15-6-7-16(23)19(25)20(15)26-18/h2-6,12,16,23,25H,7-11H2,1H3. The van der Waals surface area contributed by atoms with Gasteiger partial charge in [-0.1, -0.05) is 6.08 Å². The average Bonchev–Trinajstić information content (AvgIpc) is 2.66. The summed E-state index contributed by atoms with van der Waals surface area (Å²) in [5, 5.41) is 20.2. The zero-order valence-corrected chi connectivity index (χ0v) is 14.7. The van der Waals surface area contributed by atoms with E-state index in [9.17, 15) is 15.0 Å². The van der Waals surface area contributed by atoms with Gasteiger partial charge in [0.25, 0.3) is 0 Å². The Bertz CT molecular complexity index is 986. The van der Waals surface area contributed by atoms with E-state index in [-0.39, 0.29) is 23.0 Å². The van der Waals surface area contributed by atoms with Crippen LogP contribution in [-0.2, 0) is 0 Å². The molecule has 1 atom stereocenters. The highest BCUT2D eigenvalue weighted by Crippen LogP contribution is 2.22. The zero-order valence-electron chi connectivity index (χ0n) is 14.7. The lowest BCUT2D eigenvalue weighted by atomic mass is 10.1. The van der Waals surface area contributed by atoms with E-state index in [0.717, 1.165) is 37.4 Å². The van der Waals surface area contributed by atoms with Gasteiger partial charge in [-0.05, 0) is 37.7 Å². The van der Waals surface area contributed by atoms with Gasteiger partial charge in [-0.15, -0.1) is 0 Å². The quantitative estimate of drug-likeness (QED) is 0.806. The summed E-state index contributed by atoms with van der Waals surface area (Å²) in [5.41, 5.74) is 1.74. The van der Waals surface area contributed by atoms with Crippen LogP contribution >= 0.6 is 0 Å². The third-order valence-corrected chi connectivity index (χ3v) is 5.10. The SMILES string of the molecule is CN1CCN(c2ccc(-c3cc(=O)c4c(o3)=C(O)C(O)CC=4)cc2)CC1. The third kappa shape index (κ3) is 3.02. The summed E-state index contributed by atoms with van der Waals surface area (Å²) in [6.07, 6.45) is 0.787. The highest BCUT2D eigenvalue weighted by atomic mass is 16.4. The second-order valence-corrected chi connectivity index (χ2v) is 6.90. The molecule has 2 N–H and O–H groups in total. The molecule has 6 nitrogen and oxygen atoms in total. The van der Waals surface area contributed by atoms with E-state index in [1.165, 1.54) is 6.07 Å². The molecule has 1 saturated heterocycles. The Labute approximate surface area is 150 Å². The number of aliphatic hydroxyl groups excluding tert-OH is 2. The highest BCUT2D eigenvalue weighted by Gasteiger charge is 2.18. The number of rotatable bonds is 2. The minimum Gasteiger partial charge on any atom is -0.506 e. The fraction of sp³-hybridized carbons (Fsp3) is 0.350. The first-order valence-corrected chi connectivity index (χ1v) is 8.82. The molecule has 0 amide bonds. The Morgan fingerprint density at radius 1 is 1.12 bits per heavy atom. The summed E-state index contributed by atoms with van der Waals surface area (Å²) in [5.74, 6) is 0.100. The molecule has 2 aliphatic rings. The van der Waals surface area contributed by atoms with Crippen LogP contribution in [-0.4, -0.2) is 54.4 Å². The number of anilines is 1. The second kappa shape index (κ2) is 6.63. The molecule has 1 aromatic heterocycles. The lowest BCUT2D eigenvalue weighted by Gasteiger charge is -2.34. The molecule has 1 aliphatic heterocycles. The predicted molar refractivity (Wildman–Crippen MR) is 100 cm³/mol. The highest BCUT2D eigenvalue weighted by molar-refractivity contribution is 5.62. The van der Waals surface area contributed by atoms with Crippen molar-refractivity contribution in [3.63, 3.8) is 0 Å². The van der Waals surface area contributed by atoms with Gasteiger partial charge in [0.15, 0.2) is 16.6 Å². The van der Waals surface area contributed by atoms with Crippen LogP contribution in [0.2, 0.25) is 0 Å². The lowest BCUT2D eigenvalue weighted by Crippen LogP contribution is -2.44. The molecular weight excluding hydrogens is 332 g/mol. The normalized spacial score (nSPS) is 20.6. The fourth-order valence-electron chi connectivity index (χ4n) is 3.42. The Morgan fingerprint density at radius 3 is 2.50 bits per heavy atom. The van der Waals surface area contributed by atoms with Gasteiger partial charge in [-0.25, -0.2) is 0 Å². The van der Waals surface area contributed by atoms with Crippen LogP contribution in [0, 0.1) is 0 Å². The summed E-state index contributed by atoms with van der Waals surface area (Å²) in [7, 11) is 2.12. The molecule has 1 fully saturated rings. The molecule has 6 heteroatoms. The van der Waals surface area contributed by atoms with Crippen molar-refractivity contribution in [3.8, 4) is 11.3 Å². The molecule has 0 bridgehead atoms. The van der Waals surface area contributed by atoms with E-state index in [0.29, 0.717) is 11.0 Å². The third-order valence-electron chi connectivity index (χ3n) is 5.10. The minimum atomic E-state index is -1.03. The summed E-state index contributed by atoms with van der Waals surface area (Å²) in [6, 6.07) is 9.30. The molecule has 2 heterocycles. The van der Waals surface area contributed by atoms with Gasteiger partial charge in [0, 0.05) is 43.5 Å². The zero-order chi connectivity index (χ0) is 18.3. The topological polar surface area (TPSA) is 77.2 Å². The maximum atomic E-state index is 12.3. The van der Waals surface area contributed by atoms with E-state index in [4.69, 9.17) is 4.42 Å². The molecule has 0 saturated carbocycles. The van der Waals surface area contributed by atoms with E-state index in [1.807, 2.05) is 24.3 Å². The summed E-state index contributed by atoms with van der Waals surface area (Å²) in [4.78, 5) is 17.0. The Hall–Kier alpha value is -2.57. The van der Waals surface area contributed by atoms with Crippen molar-refractivity contribution in [2.24, 2.45) is 0 Å². The molecule has 4 rings (SSSR count). The van der Waals surface area contributed by atoms with Crippen LogP contribution in [0.25, 0.3) is 23.2 Å². The van der Waals surface area contributed by atoms with Crippen LogP contribution in [0.15, 0.2) is 39.5 Å². The van der Waals surface area contributed by atoms with Gasteiger partial charge in [-0.3, -0.25) is 4.79 Å². The lowest BCUT2D eigenvalue weighted by molar-refractivity contribution is 0.195. The van der Waals surface area contributed by atoms with Crippen molar-refractivity contribution in [1.82, 2.24) is 4.90 Å². The number of piperazine rings is 1. The number of nitrogens with zero attached hydrogens (tertiary/aromatic N) is 2. The summed E-state index contributed by atoms with van der Waals surface area (Å²) in [6.45, 7) is 4.05. The van der Waals surface area contributed by atoms with Crippen molar-refractivity contribution in [1.29, 1.82) is 0 Å². The molecule has 26 heavy (non-hydrogen) atoms. The first-order chi connectivity index (χ1) is 12.5. The van der Waals surface area contributed by atoms with Gasteiger partial charge in [0.05, 0.1) is 5.22 Å². The summed E-state index contributed by atoms with van der Waals surface area (Å²) >= 11 is 0. The van der Waals surface area contributed by atoms with Crippen molar-refractivity contribution in [2.45, 2.75) is 12.5 Å². The van der Waals surface area contributed by atoms with E-state index in [1.54, 1.807) is 6.08 Å². The molecule has 0 spiro atoms. The van der Waals surface area contributed by atoms with E-state index in [2.05, 4.69) is 16.8 Å². The molecule has 1 aliphatic carbocycles. The average molecular weight is 354 g/mol. The maximum absolute atomic E-state index is 12.3. The van der Waals surface area contributed by atoms with E-state index < -0.39 is 6.10 Å². The monoisotopic (exact) mass is 354 g/mol. The van der Waals surface area contributed by atoms with Gasteiger partial charge in [0.1, 0.15) is 11.9 Å². The number of hydrogen-bond donors (Lipinski definition) is 2. The predicted octanol–water partition coefficient (Wildman–Crippen LogP) is 0.270. The first-order valence-electron chi connectivity index (χ1n) is 8.82. The molecule has 0 radical (unpaired) electrons. The number of fused-ring (bicyclic) bond motifs is 1. The Morgan fingerprint density at radius 2 is 1.81 bits per heavy atom. The van der Waals surface area contributed by atoms with Crippen LogP contribution < -0.4 is 21.0 Å². The molecule has 1 unspecified atom stereocenters. The van der Waals surface area contributed by atoms with Gasteiger partial charge < -0.3 is 24.4 Å². The Balaban J connectivity index is 1.69. The number of aliphatic hydroxyl groups is 2. The van der Waals surface area contributed by atoms with Crippen LogP contribution in [0.1, 0.15) is 6.42 Å². The van der Waals surface area contributed by atoms with Crippen LogP contribution in [0.3, 0.4) is 0 Å². The Kier molecular flexibility index (Phi) is 4.30. The van der Waals surface area contributed by atoms with Crippen molar-refractivity contribution >= 4 is 17.5 Å². The largest absolute Gasteiger partial charge is 0.506 e. The number of likely N-dealkylation sites (N-methyl/N-ethyl adjacent to an activating group) is 1. The van der Waals surface area contributed by atoms with Crippen LogP contribution in [0.4, 0.5) is 5.69 Å². The number of benzene rings is 1. The first kappa shape index (κ1) is 16.9. The second-order valence-electron chi connectivity index (χ2n) is 6.90. The van der Waals surface area contributed by atoms with Crippen LogP contribution in [0.5, 0.6) is 0 Å². The molecular formula is C20H22N2O4. The molecule has 2 aromatic rings. The van der Waals surface area contributed by atoms with Gasteiger partial charge >= 0.3 is 0 Å². The van der Waals surface area contributed by atoms with Gasteiger partial charge in [-0.2, -0.15) is 0 Å². The molecule has 1 aromatic carbocycles. The van der Waals surface area contributed by atoms with Gasteiger partial charge in [0.2, 0.25) is 0 Å². The van der Waals surface area contributed by atoms with Crippen molar-refractivity contribution in [2.75, 3.05) is 38.1 Å². The summed E-state index contributed by atoms with van der Waals surface area (Å²) < 4.78 is 5.75. The van der Waals surface area contributed by atoms with Crippen molar-refractivity contribution < 1.29 is 14.6 Å². The van der Waals surface area contributed by atoms with Crippen molar-refractivity contribution in [3.05, 3.63) is 51.2 Å². The number of hydrogen-bond acceptors (Lipinski definition) is 6. The maximum Gasteiger partial charge on any atom is 0.193 e. The fourth-order valence-corrected chi connectivity index (χ4v) is 3.42. The smallest absolute Gasteiger partial charge is 0.193 e.